The van der Waals surface area contributed by atoms with E-state index in [2.05, 4.69) is 47.0 Å². The van der Waals surface area contributed by atoms with Crippen LogP contribution >= 0.6 is 15.9 Å². The first kappa shape index (κ1) is 14.1. The highest BCUT2D eigenvalue weighted by molar-refractivity contribution is 9.10. The number of aromatic nitrogens is 1. The fourth-order valence-electron chi connectivity index (χ4n) is 4.39. The fourth-order valence-corrected chi connectivity index (χ4v) is 4.62. The third kappa shape index (κ3) is 2.09. The van der Waals surface area contributed by atoms with Gasteiger partial charge in [-0.3, -0.25) is 4.79 Å². The number of hydrogen-bond donors (Lipinski definition) is 1. The van der Waals surface area contributed by atoms with Crippen molar-refractivity contribution >= 4 is 21.8 Å². The summed E-state index contributed by atoms with van der Waals surface area (Å²) < 4.78 is 0.751. The van der Waals surface area contributed by atoms with Gasteiger partial charge in [-0.15, -0.1) is 0 Å². The van der Waals surface area contributed by atoms with Gasteiger partial charge in [0, 0.05) is 12.2 Å². The van der Waals surface area contributed by atoms with Gasteiger partial charge < -0.3 is 5.32 Å². The lowest BCUT2D eigenvalue weighted by Crippen LogP contribution is -2.52. The van der Waals surface area contributed by atoms with E-state index in [-0.39, 0.29) is 22.8 Å². The Hall–Kier alpha value is -0.900. The van der Waals surface area contributed by atoms with Crippen LogP contribution < -0.4 is 5.32 Å². The van der Waals surface area contributed by atoms with Gasteiger partial charge in [0.15, 0.2) is 0 Å². The van der Waals surface area contributed by atoms with Crippen LogP contribution in [0.1, 0.15) is 50.4 Å². The van der Waals surface area contributed by atoms with Crippen molar-refractivity contribution < 1.29 is 4.79 Å². The van der Waals surface area contributed by atoms with E-state index in [4.69, 9.17) is 0 Å². The highest BCUT2D eigenvalue weighted by Gasteiger charge is 2.59. The smallest absolute Gasteiger partial charge is 0.253 e. The molecule has 2 fully saturated rings. The van der Waals surface area contributed by atoms with Crippen LogP contribution in [0.4, 0.5) is 0 Å². The molecule has 0 spiro atoms. The number of carbonyl (C=O) groups is 1. The van der Waals surface area contributed by atoms with Gasteiger partial charge in [-0.1, -0.05) is 20.8 Å². The summed E-state index contributed by atoms with van der Waals surface area (Å²) in [6.07, 6.45) is 5.39. The summed E-state index contributed by atoms with van der Waals surface area (Å²) >= 11 is 3.29. The first-order chi connectivity index (χ1) is 9.33. The van der Waals surface area contributed by atoms with E-state index >= 15 is 0 Å². The van der Waals surface area contributed by atoms with Gasteiger partial charge in [0.1, 0.15) is 4.60 Å². The van der Waals surface area contributed by atoms with Crippen molar-refractivity contribution in [3.05, 3.63) is 28.5 Å². The predicted octanol–water partition coefficient (Wildman–Crippen LogP) is 3.79. The second-order valence-electron chi connectivity index (χ2n) is 7.19. The number of amides is 1. The number of rotatable bonds is 2. The molecule has 108 valence electrons. The first-order valence-electron chi connectivity index (χ1n) is 7.25. The lowest BCUT2D eigenvalue weighted by molar-refractivity contribution is 0.0737. The summed E-state index contributed by atoms with van der Waals surface area (Å²) in [5, 5.41) is 3.28. The number of fused-ring (bicyclic) bond motifs is 2. The molecule has 2 aliphatic carbocycles. The van der Waals surface area contributed by atoms with Crippen LogP contribution in [-0.4, -0.2) is 16.9 Å². The molecule has 3 unspecified atom stereocenters. The molecule has 2 saturated carbocycles. The maximum atomic E-state index is 12.5. The number of halogens is 1. The Kier molecular flexibility index (Phi) is 3.20. The Morgan fingerprint density at radius 1 is 1.40 bits per heavy atom. The van der Waals surface area contributed by atoms with Crippen molar-refractivity contribution in [1.82, 2.24) is 10.3 Å². The lowest BCUT2D eigenvalue weighted by atomic mass is 9.68. The van der Waals surface area contributed by atoms with Crippen molar-refractivity contribution in [1.29, 1.82) is 0 Å². The van der Waals surface area contributed by atoms with E-state index in [1.54, 1.807) is 6.20 Å². The minimum absolute atomic E-state index is 0.00292. The molecule has 20 heavy (non-hydrogen) atoms. The van der Waals surface area contributed by atoms with Crippen LogP contribution in [-0.2, 0) is 0 Å². The molecule has 1 aromatic rings. The molecule has 3 atom stereocenters. The first-order valence-corrected chi connectivity index (χ1v) is 8.05. The third-order valence-electron chi connectivity index (χ3n) is 5.53. The van der Waals surface area contributed by atoms with Crippen LogP contribution in [0.25, 0.3) is 0 Å². The monoisotopic (exact) mass is 336 g/mol. The second-order valence-corrected chi connectivity index (χ2v) is 8.00. The molecule has 4 heteroatoms. The molecule has 0 aliphatic heterocycles. The van der Waals surface area contributed by atoms with Gasteiger partial charge in [0.05, 0.1) is 5.56 Å². The van der Waals surface area contributed by atoms with Crippen molar-refractivity contribution in [2.24, 2.45) is 16.7 Å². The normalized spacial score (nSPS) is 34.2. The summed E-state index contributed by atoms with van der Waals surface area (Å²) in [7, 11) is 0. The molecule has 0 aromatic carbocycles. The van der Waals surface area contributed by atoms with Gasteiger partial charge in [-0.05, 0) is 64.1 Å². The molecule has 1 heterocycles. The molecule has 3 rings (SSSR count). The van der Waals surface area contributed by atoms with Crippen LogP contribution in [0, 0.1) is 16.7 Å². The van der Waals surface area contributed by atoms with Crippen molar-refractivity contribution in [2.45, 2.75) is 46.1 Å². The average molecular weight is 337 g/mol. The Balaban J connectivity index is 1.80. The standard InChI is InChI=1S/C16H21BrN2O/c1-15(2)11-6-7-16(3,8-11)14(15)19-13(20)10-4-5-12(17)18-9-10/h4-5,9,11,14H,6-8H2,1-3H3,(H,19,20). The Morgan fingerprint density at radius 2 is 2.15 bits per heavy atom. The quantitative estimate of drug-likeness (QED) is 0.835. The average Bonchev–Trinajstić information content (AvgIpc) is 2.86. The topological polar surface area (TPSA) is 42.0 Å². The molecule has 2 bridgehead atoms. The van der Waals surface area contributed by atoms with Crippen LogP contribution in [0.3, 0.4) is 0 Å². The zero-order chi connectivity index (χ0) is 14.5. The van der Waals surface area contributed by atoms with Gasteiger partial charge in [0.2, 0.25) is 0 Å². The second kappa shape index (κ2) is 4.55. The third-order valence-corrected chi connectivity index (χ3v) is 6.00. The van der Waals surface area contributed by atoms with Gasteiger partial charge >= 0.3 is 0 Å². The van der Waals surface area contributed by atoms with Gasteiger partial charge in [-0.25, -0.2) is 4.98 Å². The highest BCUT2D eigenvalue weighted by Crippen LogP contribution is 2.62. The largest absolute Gasteiger partial charge is 0.348 e. The number of hydrogen-bond acceptors (Lipinski definition) is 2. The summed E-state index contributed by atoms with van der Waals surface area (Å²) in [6.45, 7) is 6.92. The SMILES string of the molecule is CC12CCC(C1)C(C)(C)C2NC(=O)c1ccc(Br)nc1. The summed E-state index contributed by atoms with van der Waals surface area (Å²) in [4.78, 5) is 16.6. The van der Waals surface area contributed by atoms with E-state index in [1.165, 1.54) is 19.3 Å². The van der Waals surface area contributed by atoms with Crippen molar-refractivity contribution in [3.63, 3.8) is 0 Å². The van der Waals surface area contributed by atoms with Crippen molar-refractivity contribution in [2.75, 3.05) is 0 Å². The minimum Gasteiger partial charge on any atom is -0.348 e. The molecular formula is C16H21BrN2O. The number of pyridine rings is 1. The van der Waals surface area contributed by atoms with Crippen LogP contribution in [0.5, 0.6) is 0 Å². The van der Waals surface area contributed by atoms with E-state index in [0.29, 0.717) is 5.56 Å². The number of nitrogens with zero attached hydrogens (tertiary/aromatic N) is 1. The Morgan fingerprint density at radius 3 is 2.70 bits per heavy atom. The molecule has 2 aliphatic rings. The zero-order valence-corrected chi connectivity index (χ0v) is 13.8. The summed E-state index contributed by atoms with van der Waals surface area (Å²) in [5.41, 5.74) is 1.08. The zero-order valence-electron chi connectivity index (χ0n) is 12.2. The summed E-state index contributed by atoms with van der Waals surface area (Å²) in [6, 6.07) is 3.88. The molecule has 0 radical (unpaired) electrons. The van der Waals surface area contributed by atoms with Crippen LogP contribution in [0.15, 0.2) is 22.9 Å². The fraction of sp³-hybridized carbons (Fsp3) is 0.625. The molecule has 1 aromatic heterocycles. The predicted molar refractivity (Wildman–Crippen MR) is 82.4 cm³/mol. The van der Waals surface area contributed by atoms with E-state index in [1.807, 2.05) is 12.1 Å². The van der Waals surface area contributed by atoms with Crippen LogP contribution in [0.2, 0.25) is 0 Å². The number of carbonyl (C=O) groups excluding carboxylic acids is 1. The maximum Gasteiger partial charge on any atom is 0.253 e. The Labute approximate surface area is 128 Å². The minimum atomic E-state index is -0.00292. The molecule has 3 nitrogen and oxygen atoms in total. The molecule has 1 N–H and O–H groups in total. The van der Waals surface area contributed by atoms with Gasteiger partial charge in [0.25, 0.3) is 5.91 Å². The Bertz CT molecular complexity index is 535. The van der Waals surface area contributed by atoms with Crippen molar-refractivity contribution in [3.8, 4) is 0 Å². The molecule has 1 amide bonds. The maximum absolute atomic E-state index is 12.5. The number of nitrogens with one attached hydrogen (secondary N) is 1. The summed E-state index contributed by atoms with van der Waals surface area (Å²) in [5.74, 6) is 0.734. The molecular weight excluding hydrogens is 316 g/mol. The van der Waals surface area contributed by atoms with E-state index < -0.39 is 0 Å². The van der Waals surface area contributed by atoms with Gasteiger partial charge in [-0.2, -0.15) is 0 Å². The molecule has 0 saturated heterocycles. The van der Waals surface area contributed by atoms with E-state index in [0.717, 1.165) is 10.5 Å². The highest BCUT2D eigenvalue weighted by atomic mass is 79.9. The van der Waals surface area contributed by atoms with E-state index in [9.17, 15) is 4.79 Å². The lowest BCUT2D eigenvalue weighted by Gasteiger charge is -2.43.